The molecular formula is C17H27NO3. The second-order valence-electron chi connectivity index (χ2n) is 5.63. The van der Waals surface area contributed by atoms with E-state index in [1.807, 2.05) is 13.0 Å². The van der Waals surface area contributed by atoms with Gasteiger partial charge >= 0.3 is 0 Å². The number of nitrogens with one attached hydrogen (secondary N) is 1. The van der Waals surface area contributed by atoms with Gasteiger partial charge in [-0.05, 0) is 36.0 Å². The van der Waals surface area contributed by atoms with Crippen molar-refractivity contribution in [3.05, 3.63) is 29.3 Å². The van der Waals surface area contributed by atoms with Crippen molar-refractivity contribution in [2.75, 3.05) is 27.4 Å². The SMILES string of the molecule is COCCNC(=O)CC(c1ccc(OC)c(C)c1)C(C)C. The second-order valence-corrected chi connectivity index (χ2v) is 5.63. The number of methoxy groups -OCH3 is 2. The van der Waals surface area contributed by atoms with Crippen molar-refractivity contribution in [3.8, 4) is 5.75 Å². The van der Waals surface area contributed by atoms with Crippen LogP contribution in [0.5, 0.6) is 5.75 Å². The van der Waals surface area contributed by atoms with E-state index >= 15 is 0 Å². The van der Waals surface area contributed by atoms with Crippen LogP contribution < -0.4 is 10.1 Å². The van der Waals surface area contributed by atoms with Crippen molar-refractivity contribution >= 4 is 5.91 Å². The molecule has 0 saturated heterocycles. The summed E-state index contributed by atoms with van der Waals surface area (Å²) in [6.45, 7) is 7.42. The molecule has 0 bridgehead atoms. The van der Waals surface area contributed by atoms with E-state index in [4.69, 9.17) is 9.47 Å². The Hall–Kier alpha value is -1.55. The van der Waals surface area contributed by atoms with Gasteiger partial charge in [0.15, 0.2) is 0 Å². The summed E-state index contributed by atoms with van der Waals surface area (Å²) in [5, 5.41) is 2.89. The van der Waals surface area contributed by atoms with Crippen molar-refractivity contribution in [3.63, 3.8) is 0 Å². The average Bonchev–Trinajstić information content (AvgIpc) is 2.44. The van der Waals surface area contributed by atoms with Crippen LogP contribution in [-0.4, -0.2) is 33.3 Å². The Bertz CT molecular complexity index is 457. The van der Waals surface area contributed by atoms with Crippen LogP contribution in [0.25, 0.3) is 0 Å². The molecule has 0 spiro atoms. The summed E-state index contributed by atoms with van der Waals surface area (Å²) >= 11 is 0. The zero-order chi connectivity index (χ0) is 15.8. The Morgan fingerprint density at radius 3 is 2.52 bits per heavy atom. The highest BCUT2D eigenvalue weighted by Crippen LogP contribution is 2.31. The largest absolute Gasteiger partial charge is 0.496 e. The normalized spacial score (nSPS) is 12.3. The molecule has 0 saturated carbocycles. The van der Waals surface area contributed by atoms with Gasteiger partial charge in [0, 0.05) is 20.1 Å². The Morgan fingerprint density at radius 1 is 1.29 bits per heavy atom. The fourth-order valence-corrected chi connectivity index (χ4v) is 2.44. The number of hydrogen-bond acceptors (Lipinski definition) is 3. The molecule has 0 fully saturated rings. The minimum absolute atomic E-state index is 0.0687. The van der Waals surface area contributed by atoms with Gasteiger partial charge in [-0.3, -0.25) is 4.79 Å². The van der Waals surface area contributed by atoms with Crippen LogP contribution in [0.15, 0.2) is 18.2 Å². The molecule has 0 aromatic heterocycles. The fraction of sp³-hybridized carbons (Fsp3) is 0.588. The molecule has 4 heteroatoms. The number of amides is 1. The maximum absolute atomic E-state index is 12.0. The molecule has 4 nitrogen and oxygen atoms in total. The van der Waals surface area contributed by atoms with Crippen molar-refractivity contribution < 1.29 is 14.3 Å². The predicted molar refractivity (Wildman–Crippen MR) is 84.8 cm³/mol. The lowest BCUT2D eigenvalue weighted by molar-refractivity contribution is -0.121. The molecule has 0 aliphatic rings. The van der Waals surface area contributed by atoms with Gasteiger partial charge in [0.1, 0.15) is 5.75 Å². The lowest BCUT2D eigenvalue weighted by Gasteiger charge is -2.22. The number of ether oxygens (including phenoxy) is 2. The third-order valence-corrected chi connectivity index (χ3v) is 3.69. The molecule has 1 N–H and O–H groups in total. The van der Waals surface area contributed by atoms with Gasteiger partial charge in [-0.25, -0.2) is 0 Å². The van der Waals surface area contributed by atoms with E-state index in [1.165, 1.54) is 5.56 Å². The van der Waals surface area contributed by atoms with Crippen molar-refractivity contribution in [2.24, 2.45) is 5.92 Å². The number of aryl methyl sites for hydroxylation is 1. The summed E-state index contributed by atoms with van der Waals surface area (Å²) in [6, 6.07) is 6.15. The monoisotopic (exact) mass is 293 g/mol. The summed E-state index contributed by atoms with van der Waals surface area (Å²) in [4.78, 5) is 12.0. The van der Waals surface area contributed by atoms with Crippen LogP contribution in [0.1, 0.15) is 37.3 Å². The van der Waals surface area contributed by atoms with E-state index in [0.29, 0.717) is 25.5 Å². The Labute approximate surface area is 127 Å². The first-order valence-electron chi connectivity index (χ1n) is 7.39. The van der Waals surface area contributed by atoms with E-state index in [-0.39, 0.29) is 11.8 Å². The van der Waals surface area contributed by atoms with Crippen LogP contribution in [0, 0.1) is 12.8 Å². The molecule has 1 atom stereocenters. The van der Waals surface area contributed by atoms with Crippen molar-refractivity contribution in [1.29, 1.82) is 0 Å². The summed E-state index contributed by atoms with van der Waals surface area (Å²) in [6.07, 6.45) is 0.493. The number of rotatable bonds is 8. The van der Waals surface area contributed by atoms with Crippen molar-refractivity contribution in [2.45, 2.75) is 33.1 Å². The average molecular weight is 293 g/mol. The number of carbonyl (C=O) groups excluding carboxylic acids is 1. The molecule has 118 valence electrons. The highest BCUT2D eigenvalue weighted by Gasteiger charge is 2.20. The van der Waals surface area contributed by atoms with Gasteiger partial charge in [-0.2, -0.15) is 0 Å². The summed E-state index contributed by atoms with van der Waals surface area (Å²) in [7, 11) is 3.30. The van der Waals surface area contributed by atoms with Crippen LogP contribution in [0.4, 0.5) is 0 Å². The predicted octanol–water partition coefficient (Wildman–Crippen LogP) is 2.90. The summed E-state index contributed by atoms with van der Waals surface area (Å²) in [5.41, 5.74) is 2.28. The Morgan fingerprint density at radius 2 is 2.00 bits per heavy atom. The third kappa shape index (κ3) is 5.38. The van der Waals surface area contributed by atoms with Crippen LogP contribution in [-0.2, 0) is 9.53 Å². The van der Waals surface area contributed by atoms with Crippen LogP contribution in [0.3, 0.4) is 0 Å². The molecule has 1 amide bonds. The summed E-state index contributed by atoms with van der Waals surface area (Å²) in [5.74, 6) is 1.55. The lowest BCUT2D eigenvalue weighted by atomic mass is 9.85. The highest BCUT2D eigenvalue weighted by atomic mass is 16.5. The molecule has 0 aliphatic heterocycles. The highest BCUT2D eigenvalue weighted by molar-refractivity contribution is 5.76. The maximum atomic E-state index is 12.0. The van der Waals surface area contributed by atoms with E-state index in [1.54, 1.807) is 14.2 Å². The lowest BCUT2D eigenvalue weighted by Crippen LogP contribution is -2.29. The Balaban J connectivity index is 2.77. The van der Waals surface area contributed by atoms with Crippen LogP contribution in [0.2, 0.25) is 0 Å². The molecule has 0 aliphatic carbocycles. The zero-order valence-corrected chi connectivity index (χ0v) is 13.7. The molecule has 1 unspecified atom stereocenters. The van der Waals surface area contributed by atoms with E-state index in [2.05, 4.69) is 31.3 Å². The third-order valence-electron chi connectivity index (χ3n) is 3.69. The molecular weight excluding hydrogens is 266 g/mol. The molecule has 0 radical (unpaired) electrons. The van der Waals surface area contributed by atoms with Gasteiger partial charge in [-0.15, -0.1) is 0 Å². The topological polar surface area (TPSA) is 47.6 Å². The standard InChI is InChI=1S/C17H27NO3/c1-12(2)15(11-17(19)18-8-9-20-4)14-6-7-16(21-5)13(3)10-14/h6-7,10,12,15H,8-9,11H2,1-5H3,(H,18,19). The quantitative estimate of drug-likeness (QED) is 0.750. The molecule has 1 rings (SSSR count). The van der Waals surface area contributed by atoms with Gasteiger partial charge < -0.3 is 14.8 Å². The zero-order valence-electron chi connectivity index (χ0n) is 13.7. The fourth-order valence-electron chi connectivity index (χ4n) is 2.44. The van der Waals surface area contributed by atoms with E-state index < -0.39 is 0 Å². The van der Waals surface area contributed by atoms with Crippen LogP contribution >= 0.6 is 0 Å². The molecule has 1 aromatic rings. The molecule has 1 aromatic carbocycles. The minimum Gasteiger partial charge on any atom is -0.496 e. The van der Waals surface area contributed by atoms with E-state index in [9.17, 15) is 4.79 Å². The first-order valence-corrected chi connectivity index (χ1v) is 7.39. The van der Waals surface area contributed by atoms with Gasteiger partial charge in [0.25, 0.3) is 0 Å². The van der Waals surface area contributed by atoms with Gasteiger partial charge in [-0.1, -0.05) is 26.0 Å². The van der Waals surface area contributed by atoms with E-state index in [0.717, 1.165) is 11.3 Å². The van der Waals surface area contributed by atoms with Crippen molar-refractivity contribution in [1.82, 2.24) is 5.32 Å². The maximum Gasteiger partial charge on any atom is 0.220 e. The minimum atomic E-state index is 0.0687. The smallest absolute Gasteiger partial charge is 0.220 e. The first kappa shape index (κ1) is 17.5. The molecule has 0 heterocycles. The molecule has 21 heavy (non-hydrogen) atoms. The van der Waals surface area contributed by atoms with Gasteiger partial charge in [0.05, 0.1) is 13.7 Å². The number of carbonyl (C=O) groups is 1. The summed E-state index contributed by atoms with van der Waals surface area (Å²) < 4.78 is 10.2. The number of benzene rings is 1. The Kier molecular flexibility index (Phi) is 7.23. The number of hydrogen-bond donors (Lipinski definition) is 1. The second kappa shape index (κ2) is 8.67. The first-order chi connectivity index (χ1) is 9.99. The van der Waals surface area contributed by atoms with Gasteiger partial charge in [0.2, 0.25) is 5.91 Å².